The van der Waals surface area contributed by atoms with Crippen LogP contribution in [0, 0.1) is 6.92 Å². The largest absolute Gasteiger partial charge is 0.466 e. The SMILES string of the molecule is Cc1ccccc1OC(C)O[Si]. The zero-order valence-corrected chi connectivity index (χ0v) is 8.20. The number of ether oxygens (including phenoxy) is 1. The third-order valence-corrected chi connectivity index (χ3v) is 1.88. The minimum Gasteiger partial charge on any atom is -0.466 e. The average Bonchev–Trinajstić information content (AvgIpc) is 2.09. The minimum absolute atomic E-state index is 0.275. The van der Waals surface area contributed by atoms with E-state index in [4.69, 9.17) is 9.16 Å². The Balaban J connectivity index is 2.69. The quantitative estimate of drug-likeness (QED) is 0.520. The standard InChI is InChI=1S/C9H11O2Si/c1-7-5-3-4-6-9(7)10-8(2)11-12/h3-6,8H,1-2H3. The first-order chi connectivity index (χ1) is 5.74. The van der Waals surface area contributed by atoms with Crippen molar-refractivity contribution in [3.63, 3.8) is 0 Å². The summed E-state index contributed by atoms with van der Waals surface area (Å²) in [6.45, 7) is 3.81. The third-order valence-electron chi connectivity index (χ3n) is 1.55. The molecule has 0 saturated heterocycles. The molecule has 12 heavy (non-hydrogen) atoms. The molecule has 0 aliphatic heterocycles. The summed E-state index contributed by atoms with van der Waals surface area (Å²) in [4.78, 5) is 0. The highest BCUT2D eigenvalue weighted by atomic mass is 28.2. The predicted octanol–water partition coefficient (Wildman–Crippen LogP) is 1.82. The number of hydrogen-bond acceptors (Lipinski definition) is 2. The van der Waals surface area contributed by atoms with Gasteiger partial charge in [-0.2, -0.15) is 0 Å². The molecule has 1 atom stereocenters. The summed E-state index contributed by atoms with van der Waals surface area (Å²) in [6, 6.07) is 7.82. The molecule has 0 aliphatic carbocycles. The van der Waals surface area contributed by atoms with Gasteiger partial charge in [0, 0.05) is 0 Å². The van der Waals surface area contributed by atoms with Gasteiger partial charge in [-0.25, -0.2) is 0 Å². The van der Waals surface area contributed by atoms with Crippen LogP contribution < -0.4 is 4.74 Å². The lowest BCUT2D eigenvalue weighted by atomic mass is 10.2. The molecular weight excluding hydrogens is 168 g/mol. The summed E-state index contributed by atoms with van der Waals surface area (Å²) in [6.07, 6.45) is -0.275. The fraction of sp³-hybridized carbons (Fsp3) is 0.333. The van der Waals surface area contributed by atoms with E-state index in [1.54, 1.807) is 0 Å². The van der Waals surface area contributed by atoms with E-state index in [2.05, 4.69) is 10.5 Å². The molecule has 0 aliphatic rings. The second-order valence-corrected chi connectivity index (χ2v) is 2.80. The first-order valence-corrected chi connectivity index (χ1v) is 4.19. The Morgan fingerprint density at radius 2 is 2.00 bits per heavy atom. The Morgan fingerprint density at radius 3 is 2.58 bits per heavy atom. The maximum Gasteiger partial charge on any atom is 0.251 e. The van der Waals surface area contributed by atoms with Crippen LogP contribution in [0.4, 0.5) is 0 Å². The molecule has 1 aromatic rings. The van der Waals surface area contributed by atoms with E-state index in [1.807, 2.05) is 38.1 Å². The topological polar surface area (TPSA) is 18.5 Å². The van der Waals surface area contributed by atoms with Gasteiger partial charge in [-0.05, 0) is 25.5 Å². The van der Waals surface area contributed by atoms with Crippen LogP contribution in [0.15, 0.2) is 24.3 Å². The fourth-order valence-corrected chi connectivity index (χ4v) is 0.940. The molecule has 3 heteroatoms. The van der Waals surface area contributed by atoms with Crippen LogP contribution in [0.5, 0.6) is 5.75 Å². The van der Waals surface area contributed by atoms with Crippen LogP contribution in [-0.2, 0) is 4.43 Å². The highest BCUT2D eigenvalue weighted by Gasteiger charge is 2.02. The van der Waals surface area contributed by atoms with E-state index in [0.29, 0.717) is 0 Å². The van der Waals surface area contributed by atoms with E-state index >= 15 is 0 Å². The van der Waals surface area contributed by atoms with Crippen molar-refractivity contribution in [2.75, 3.05) is 0 Å². The van der Waals surface area contributed by atoms with Gasteiger partial charge in [-0.15, -0.1) is 0 Å². The van der Waals surface area contributed by atoms with Crippen LogP contribution in [0.2, 0.25) is 0 Å². The number of para-hydroxylation sites is 1. The molecule has 3 radical (unpaired) electrons. The summed E-state index contributed by atoms with van der Waals surface area (Å²) in [5, 5.41) is 0. The summed E-state index contributed by atoms with van der Waals surface area (Å²) >= 11 is 0. The molecule has 2 nitrogen and oxygen atoms in total. The van der Waals surface area contributed by atoms with E-state index in [0.717, 1.165) is 11.3 Å². The summed E-state index contributed by atoms with van der Waals surface area (Å²) < 4.78 is 10.2. The number of aryl methyl sites for hydroxylation is 1. The van der Waals surface area contributed by atoms with Crippen LogP contribution in [-0.4, -0.2) is 16.8 Å². The molecule has 0 N–H and O–H groups in total. The molecule has 0 spiro atoms. The Bertz CT molecular complexity index is 250. The highest BCUT2D eigenvalue weighted by molar-refractivity contribution is 5.98. The van der Waals surface area contributed by atoms with Crippen molar-refractivity contribution in [2.24, 2.45) is 0 Å². The second-order valence-electron chi connectivity index (χ2n) is 2.57. The summed E-state index contributed by atoms with van der Waals surface area (Å²) in [7, 11) is 2.92. The monoisotopic (exact) mass is 179 g/mol. The first-order valence-electron chi connectivity index (χ1n) is 3.78. The molecule has 0 amide bonds. The molecule has 1 aromatic carbocycles. The molecule has 0 bridgehead atoms. The smallest absolute Gasteiger partial charge is 0.251 e. The van der Waals surface area contributed by atoms with Crippen molar-refractivity contribution in [3.05, 3.63) is 29.8 Å². The first kappa shape index (κ1) is 9.29. The van der Waals surface area contributed by atoms with Crippen molar-refractivity contribution < 1.29 is 9.16 Å². The van der Waals surface area contributed by atoms with Gasteiger partial charge in [-0.3, -0.25) is 0 Å². The van der Waals surface area contributed by atoms with Crippen molar-refractivity contribution in [3.8, 4) is 5.75 Å². The number of rotatable bonds is 3. The molecule has 1 rings (SSSR count). The van der Waals surface area contributed by atoms with Crippen LogP contribution in [0.25, 0.3) is 0 Å². The summed E-state index contributed by atoms with van der Waals surface area (Å²) in [5.41, 5.74) is 1.10. The van der Waals surface area contributed by atoms with Crippen molar-refractivity contribution in [2.45, 2.75) is 20.1 Å². The zero-order chi connectivity index (χ0) is 8.97. The Morgan fingerprint density at radius 1 is 1.33 bits per heavy atom. The Hall–Kier alpha value is -0.803. The molecule has 0 saturated carbocycles. The molecule has 0 aromatic heterocycles. The van der Waals surface area contributed by atoms with Gasteiger partial charge in [0.05, 0.1) is 0 Å². The summed E-state index contributed by atoms with van der Waals surface area (Å²) in [5.74, 6) is 0.850. The lowest BCUT2D eigenvalue weighted by Crippen LogP contribution is -2.14. The van der Waals surface area contributed by atoms with E-state index in [-0.39, 0.29) is 6.29 Å². The van der Waals surface area contributed by atoms with Gasteiger partial charge in [0.25, 0.3) is 10.5 Å². The van der Waals surface area contributed by atoms with Gasteiger partial charge in [0.15, 0.2) is 6.29 Å². The molecular formula is C9H11O2Si. The van der Waals surface area contributed by atoms with Gasteiger partial charge in [-0.1, -0.05) is 18.2 Å². The molecule has 1 unspecified atom stereocenters. The Labute approximate surface area is 76.0 Å². The van der Waals surface area contributed by atoms with E-state index < -0.39 is 0 Å². The zero-order valence-electron chi connectivity index (χ0n) is 7.20. The van der Waals surface area contributed by atoms with Crippen molar-refractivity contribution in [1.29, 1.82) is 0 Å². The van der Waals surface area contributed by atoms with Gasteiger partial charge >= 0.3 is 0 Å². The normalized spacial score (nSPS) is 12.6. The number of hydrogen-bond donors (Lipinski definition) is 0. The molecule has 63 valence electrons. The lowest BCUT2D eigenvalue weighted by molar-refractivity contribution is 0.0290. The number of benzene rings is 1. The molecule has 0 fully saturated rings. The van der Waals surface area contributed by atoms with Crippen molar-refractivity contribution in [1.82, 2.24) is 0 Å². The molecule has 0 heterocycles. The maximum atomic E-state index is 5.42. The second kappa shape index (κ2) is 4.28. The van der Waals surface area contributed by atoms with Crippen LogP contribution in [0.1, 0.15) is 12.5 Å². The van der Waals surface area contributed by atoms with Gasteiger partial charge in [0.1, 0.15) is 5.75 Å². The van der Waals surface area contributed by atoms with E-state index in [1.165, 1.54) is 0 Å². The maximum absolute atomic E-state index is 5.42. The van der Waals surface area contributed by atoms with E-state index in [9.17, 15) is 0 Å². The van der Waals surface area contributed by atoms with Crippen LogP contribution in [0.3, 0.4) is 0 Å². The third kappa shape index (κ3) is 2.36. The fourth-order valence-electron chi connectivity index (χ4n) is 0.892. The average molecular weight is 179 g/mol. The Kier molecular flexibility index (Phi) is 3.31. The lowest BCUT2D eigenvalue weighted by Gasteiger charge is -2.14. The van der Waals surface area contributed by atoms with Gasteiger partial charge in [0.2, 0.25) is 0 Å². The minimum atomic E-state index is -0.275. The van der Waals surface area contributed by atoms with Crippen LogP contribution >= 0.6 is 0 Å². The van der Waals surface area contributed by atoms with Crippen molar-refractivity contribution >= 4 is 10.5 Å². The highest BCUT2D eigenvalue weighted by Crippen LogP contribution is 2.17. The van der Waals surface area contributed by atoms with Gasteiger partial charge < -0.3 is 9.16 Å². The predicted molar refractivity (Wildman–Crippen MR) is 48.1 cm³/mol.